The van der Waals surface area contributed by atoms with Crippen LogP contribution in [0.25, 0.3) is 0 Å². The zero-order chi connectivity index (χ0) is 11.7. The van der Waals surface area contributed by atoms with Crippen molar-refractivity contribution in [3.63, 3.8) is 0 Å². The molecule has 0 saturated carbocycles. The van der Waals surface area contributed by atoms with Crippen LogP contribution in [-0.2, 0) is 9.59 Å². The van der Waals surface area contributed by atoms with Gasteiger partial charge in [-0.25, -0.2) is 0 Å². The first-order valence-corrected chi connectivity index (χ1v) is 4.45. The van der Waals surface area contributed by atoms with Crippen LogP contribution in [0.4, 0.5) is 5.69 Å². The predicted octanol–water partition coefficient (Wildman–Crippen LogP) is 1.41. The summed E-state index contributed by atoms with van der Waals surface area (Å²) in [6.07, 6.45) is -0.0394. The zero-order valence-corrected chi connectivity index (χ0v) is 8.88. The van der Waals surface area contributed by atoms with Crippen molar-refractivity contribution in [1.29, 1.82) is 0 Å². The van der Waals surface area contributed by atoms with Crippen molar-refractivity contribution in [2.45, 2.75) is 6.42 Å². The van der Waals surface area contributed by atoms with Gasteiger partial charge in [0.25, 0.3) is 0 Å². The molecule has 15 heavy (non-hydrogen) atoms. The van der Waals surface area contributed by atoms with E-state index in [1.807, 2.05) is 32.3 Å². The number of carboxylic acids is 1. The van der Waals surface area contributed by atoms with Gasteiger partial charge in [-0.2, -0.15) is 0 Å². The number of aldehydes is 1. The van der Waals surface area contributed by atoms with Crippen LogP contribution >= 0.6 is 0 Å². The Morgan fingerprint density at radius 2 is 1.87 bits per heavy atom. The highest BCUT2D eigenvalue weighted by atomic mass is 16.4. The maximum atomic E-state index is 9.37. The zero-order valence-electron chi connectivity index (χ0n) is 8.88. The molecule has 82 valence electrons. The van der Waals surface area contributed by atoms with Crippen molar-refractivity contribution in [2.24, 2.45) is 0 Å². The van der Waals surface area contributed by atoms with E-state index in [0.29, 0.717) is 6.29 Å². The average molecular weight is 209 g/mol. The second-order valence-corrected chi connectivity index (χ2v) is 2.99. The fourth-order valence-corrected chi connectivity index (χ4v) is 0.797. The Morgan fingerprint density at radius 3 is 2.07 bits per heavy atom. The molecule has 4 nitrogen and oxygen atoms in total. The first kappa shape index (κ1) is 13.2. The largest absolute Gasteiger partial charge is 0.481 e. The molecule has 0 bridgehead atoms. The minimum Gasteiger partial charge on any atom is -0.481 e. The summed E-state index contributed by atoms with van der Waals surface area (Å²) in [6, 6.07) is 10.3. The van der Waals surface area contributed by atoms with Crippen molar-refractivity contribution in [3.05, 3.63) is 30.3 Å². The smallest absolute Gasteiger partial charge is 0.310 e. The van der Waals surface area contributed by atoms with E-state index in [9.17, 15) is 9.59 Å². The quantitative estimate of drug-likeness (QED) is 0.604. The lowest BCUT2D eigenvalue weighted by molar-refractivity contribution is -0.138. The van der Waals surface area contributed by atoms with E-state index in [2.05, 4.69) is 17.0 Å². The molecule has 1 N–H and O–H groups in total. The third kappa shape index (κ3) is 7.25. The van der Waals surface area contributed by atoms with Crippen LogP contribution in [0, 0.1) is 0 Å². The monoisotopic (exact) mass is 209 g/mol. The Bertz CT molecular complexity index is 296. The average Bonchev–Trinajstić information content (AvgIpc) is 2.20. The van der Waals surface area contributed by atoms with Crippen LogP contribution in [0.1, 0.15) is 6.42 Å². The summed E-state index contributed by atoms with van der Waals surface area (Å²) in [5.41, 5.74) is 1.25. The topological polar surface area (TPSA) is 57.6 Å². The van der Waals surface area contributed by atoms with E-state index in [4.69, 9.17) is 5.11 Å². The molecule has 0 heterocycles. The van der Waals surface area contributed by atoms with Gasteiger partial charge in [0.15, 0.2) is 0 Å². The number of para-hydroxylation sites is 1. The number of aliphatic carboxylic acids is 1. The van der Waals surface area contributed by atoms with Gasteiger partial charge in [0.05, 0.1) is 0 Å². The van der Waals surface area contributed by atoms with E-state index < -0.39 is 5.97 Å². The molecule has 0 saturated heterocycles. The molecule has 0 fully saturated rings. The van der Waals surface area contributed by atoms with Crippen molar-refractivity contribution in [2.75, 3.05) is 19.0 Å². The molecule has 0 aliphatic carbocycles. The Kier molecular flexibility index (Phi) is 6.63. The summed E-state index contributed by atoms with van der Waals surface area (Å²) in [5, 5.41) is 7.68. The number of carbonyl (C=O) groups excluding carboxylic acids is 1. The Morgan fingerprint density at radius 1 is 1.33 bits per heavy atom. The predicted molar refractivity (Wildman–Crippen MR) is 59.1 cm³/mol. The van der Waals surface area contributed by atoms with Gasteiger partial charge < -0.3 is 14.8 Å². The van der Waals surface area contributed by atoms with Crippen LogP contribution in [0.3, 0.4) is 0 Å². The SMILES string of the molecule is CN(C)c1ccccc1.O=CCC(=O)O. The van der Waals surface area contributed by atoms with Crippen LogP contribution in [0.15, 0.2) is 30.3 Å². The first-order chi connectivity index (χ1) is 7.07. The molecule has 0 aliphatic heterocycles. The van der Waals surface area contributed by atoms with Gasteiger partial charge in [0.1, 0.15) is 12.7 Å². The minimum atomic E-state index is -1.08. The second-order valence-electron chi connectivity index (χ2n) is 2.99. The Balaban J connectivity index is 0.000000288. The summed E-state index contributed by atoms with van der Waals surface area (Å²) in [7, 11) is 4.07. The summed E-state index contributed by atoms with van der Waals surface area (Å²) in [5.74, 6) is -1.08. The van der Waals surface area contributed by atoms with Crippen LogP contribution in [0.2, 0.25) is 0 Å². The second kappa shape index (κ2) is 7.55. The number of carboxylic acid groups (broad SMARTS) is 1. The van der Waals surface area contributed by atoms with E-state index in [1.165, 1.54) is 5.69 Å². The number of anilines is 1. The molecule has 1 aromatic carbocycles. The lowest BCUT2D eigenvalue weighted by Crippen LogP contribution is -2.07. The molecule has 0 unspecified atom stereocenters. The lowest BCUT2D eigenvalue weighted by atomic mass is 10.3. The molecular formula is C11H15NO3. The van der Waals surface area contributed by atoms with E-state index in [-0.39, 0.29) is 6.42 Å². The van der Waals surface area contributed by atoms with Crippen molar-refractivity contribution >= 4 is 17.9 Å². The van der Waals surface area contributed by atoms with Crippen molar-refractivity contribution < 1.29 is 14.7 Å². The number of carbonyl (C=O) groups is 2. The van der Waals surface area contributed by atoms with Crippen molar-refractivity contribution in [1.82, 2.24) is 0 Å². The standard InChI is InChI=1S/C8H11N.C3H4O3/c1-9(2)8-6-4-3-5-7-8;4-2-1-3(5)6/h3-7H,1-2H3;2H,1H2,(H,5,6). The third-order valence-corrected chi connectivity index (χ3v) is 1.53. The highest BCUT2D eigenvalue weighted by molar-refractivity contribution is 5.82. The fourth-order valence-electron chi connectivity index (χ4n) is 0.797. The van der Waals surface area contributed by atoms with Crippen LogP contribution in [0.5, 0.6) is 0 Å². The van der Waals surface area contributed by atoms with Gasteiger partial charge in [0, 0.05) is 19.8 Å². The van der Waals surface area contributed by atoms with Gasteiger partial charge in [0.2, 0.25) is 0 Å². The molecule has 1 rings (SSSR count). The number of hydrogen-bond donors (Lipinski definition) is 1. The molecule has 0 amide bonds. The first-order valence-electron chi connectivity index (χ1n) is 4.45. The number of nitrogens with zero attached hydrogens (tertiary/aromatic N) is 1. The summed E-state index contributed by atoms with van der Waals surface area (Å²) in [6.45, 7) is 0. The molecule has 1 aromatic rings. The number of rotatable bonds is 3. The highest BCUT2D eigenvalue weighted by Crippen LogP contribution is 2.07. The molecule has 0 spiro atoms. The molecule has 0 aliphatic rings. The highest BCUT2D eigenvalue weighted by Gasteiger charge is 1.88. The summed E-state index contributed by atoms with van der Waals surface area (Å²) < 4.78 is 0. The van der Waals surface area contributed by atoms with Crippen LogP contribution in [-0.4, -0.2) is 31.5 Å². The molecular weight excluding hydrogens is 194 g/mol. The summed E-state index contributed by atoms with van der Waals surface area (Å²) in [4.78, 5) is 20.7. The van der Waals surface area contributed by atoms with Gasteiger partial charge >= 0.3 is 5.97 Å². The number of benzene rings is 1. The maximum Gasteiger partial charge on any atom is 0.310 e. The Hall–Kier alpha value is -1.84. The molecule has 4 heteroatoms. The van der Waals surface area contributed by atoms with Gasteiger partial charge in [-0.05, 0) is 12.1 Å². The van der Waals surface area contributed by atoms with Gasteiger partial charge in [-0.15, -0.1) is 0 Å². The minimum absolute atomic E-state index is 0.350. The fraction of sp³-hybridized carbons (Fsp3) is 0.273. The van der Waals surface area contributed by atoms with E-state index in [1.54, 1.807) is 0 Å². The maximum absolute atomic E-state index is 9.37. The third-order valence-electron chi connectivity index (χ3n) is 1.53. The van der Waals surface area contributed by atoms with Gasteiger partial charge in [-0.3, -0.25) is 4.79 Å². The van der Waals surface area contributed by atoms with Gasteiger partial charge in [-0.1, -0.05) is 18.2 Å². The molecule has 0 aromatic heterocycles. The molecule has 0 radical (unpaired) electrons. The Labute approximate surface area is 89.1 Å². The van der Waals surface area contributed by atoms with E-state index in [0.717, 1.165) is 0 Å². The number of hydrogen-bond acceptors (Lipinski definition) is 3. The summed E-state index contributed by atoms with van der Waals surface area (Å²) >= 11 is 0. The van der Waals surface area contributed by atoms with E-state index >= 15 is 0 Å². The normalized spacial score (nSPS) is 8.40. The lowest BCUT2D eigenvalue weighted by Gasteiger charge is -2.10. The van der Waals surface area contributed by atoms with Crippen LogP contribution < -0.4 is 4.90 Å². The molecule has 0 atom stereocenters. The van der Waals surface area contributed by atoms with Crippen molar-refractivity contribution in [3.8, 4) is 0 Å².